The van der Waals surface area contributed by atoms with Crippen LogP contribution in [0.4, 0.5) is 4.79 Å². The van der Waals surface area contributed by atoms with E-state index in [2.05, 4.69) is 31.6 Å². The van der Waals surface area contributed by atoms with Crippen molar-refractivity contribution in [3.63, 3.8) is 0 Å². The molecule has 0 radical (unpaired) electrons. The summed E-state index contributed by atoms with van der Waals surface area (Å²) in [4.78, 5) is 51.4. The highest BCUT2D eigenvalue weighted by atomic mass is 32.2. The van der Waals surface area contributed by atoms with Gasteiger partial charge < -0.3 is 103 Å². The molecule has 0 bridgehead atoms. The SMILES string of the molecule is O=C(CCCCC1SCC2NC(=O)NC21)NCCOCCOCCOCCOCCOCCOCCOCCOCCOCCOCCOCCOCCC(=O)NCCCOCCOCCOCCCNC(=O)c1ncccc1O. The molecule has 0 spiro atoms. The lowest BCUT2D eigenvalue weighted by Gasteiger charge is -2.16. The van der Waals surface area contributed by atoms with Crippen LogP contribution < -0.4 is 26.6 Å². The minimum Gasteiger partial charge on any atom is -0.505 e. The van der Waals surface area contributed by atoms with E-state index in [4.69, 9.17) is 71.1 Å². The summed E-state index contributed by atoms with van der Waals surface area (Å²) in [6, 6.07) is 3.35. The molecule has 26 nitrogen and oxygen atoms in total. The van der Waals surface area contributed by atoms with Crippen molar-refractivity contribution in [1.29, 1.82) is 0 Å². The van der Waals surface area contributed by atoms with Gasteiger partial charge in [0.1, 0.15) is 5.75 Å². The maximum absolute atomic E-state index is 12.1. The van der Waals surface area contributed by atoms with Crippen LogP contribution in [0.2, 0.25) is 0 Å². The first kappa shape index (κ1) is 70.6. The molecule has 2 fully saturated rings. The van der Waals surface area contributed by atoms with E-state index < -0.39 is 5.91 Å². The van der Waals surface area contributed by atoms with E-state index in [1.807, 2.05) is 11.8 Å². The van der Waals surface area contributed by atoms with Crippen molar-refractivity contribution in [3.05, 3.63) is 24.0 Å². The fraction of sp³-hybridized carbons (Fsp3) is 0.830. The Morgan fingerprint density at radius 2 is 0.863 bits per heavy atom. The number of hydrogen-bond donors (Lipinski definition) is 6. The second kappa shape index (κ2) is 52.2. The molecule has 3 heterocycles. The minimum atomic E-state index is -0.428. The summed E-state index contributed by atoms with van der Waals surface area (Å²) in [7, 11) is 0. The van der Waals surface area contributed by atoms with Gasteiger partial charge in [0.15, 0.2) is 5.69 Å². The summed E-state index contributed by atoms with van der Waals surface area (Å²) in [6.45, 7) is 14.9. The summed E-state index contributed by atoms with van der Waals surface area (Å²) >= 11 is 1.90. The van der Waals surface area contributed by atoms with Crippen LogP contribution in [0.5, 0.6) is 5.75 Å². The zero-order chi connectivity index (χ0) is 56.9. The van der Waals surface area contributed by atoms with E-state index in [9.17, 15) is 24.3 Å². The number of ether oxygens (including phenoxy) is 15. The Bertz CT molecular complexity index is 1670. The number of fused-ring (bicyclic) bond motifs is 1. The van der Waals surface area contributed by atoms with Crippen LogP contribution in [0.15, 0.2) is 18.3 Å². The van der Waals surface area contributed by atoms with E-state index in [1.54, 1.807) is 6.07 Å². The Labute approximate surface area is 476 Å². The van der Waals surface area contributed by atoms with Crippen LogP contribution in [0.3, 0.4) is 0 Å². The van der Waals surface area contributed by atoms with Gasteiger partial charge in [0.2, 0.25) is 11.8 Å². The number of unbranched alkanes of at least 4 members (excludes halogenated alkanes) is 1. The number of nitrogens with one attached hydrogen (secondary N) is 5. The lowest BCUT2D eigenvalue weighted by molar-refractivity contribution is -0.122. The van der Waals surface area contributed by atoms with Gasteiger partial charge in [0, 0.05) is 62.9 Å². The number of thioether (sulfide) groups is 1. The second-order valence-corrected chi connectivity index (χ2v) is 19.1. The molecule has 5 amide bonds. The van der Waals surface area contributed by atoms with Crippen LogP contribution in [-0.4, -0.2) is 275 Å². The molecule has 1 aromatic rings. The third kappa shape index (κ3) is 40.6. The smallest absolute Gasteiger partial charge is 0.315 e. The molecule has 80 heavy (non-hydrogen) atoms. The van der Waals surface area contributed by atoms with Crippen molar-refractivity contribution in [2.24, 2.45) is 0 Å². The van der Waals surface area contributed by atoms with Crippen LogP contribution in [0.25, 0.3) is 0 Å². The third-order valence-electron chi connectivity index (χ3n) is 11.5. The van der Waals surface area contributed by atoms with Gasteiger partial charge in [-0.05, 0) is 37.8 Å². The number of urea groups is 1. The number of nitrogens with zero attached hydrogens (tertiary/aromatic N) is 1. The maximum atomic E-state index is 12.1. The van der Waals surface area contributed by atoms with Crippen molar-refractivity contribution < 1.29 is 95.3 Å². The molecule has 2 aliphatic heterocycles. The van der Waals surface area contributed by atoms with E-state index in [-0.39, 0.29) is 47.8 Å². The molecule has 3 rings (SSSR count). The number of aromatic hydroxyl groups is 1. The lowest BCUT2D eigenvalue weighted by atomic mass is 10.0. The molecule has 3 atom stereocenters. The minimum absolute atomic E-state index is 0.000338. The van der Waals surface area contributed by atoms with Crippen molar-refractivity contribution in [2.75, 3.05) is 224 Å². The number of pyridine rings is 1. The fourth-order valence-corrected chi connectivity index (χ4v) is 8.92. The number of carbonyl (C=O) groups is 4. The number of amides is 5. The Balaban J connectivity index is 0.867. The zero-order valence-corrected chi connectivity index (χ0v) is 47.8. The molecule has 27 heteroatoms. The highest BCUT2D eigenvalue weighted by Crippen LogP contribution is 2.33. The highest BCUT2D eigenvalue weighted by molar-refractivity contribution is 8.00. The van der Waals surface area contributed by atoms with E-state index in [0.29, 0.717) is 242 Å². The molecule has 2 aliphatic rings. The Hall–Kier alpha value is -3.62. The lowest BCUT2D eigenvalue weighted by Crippen LogP contribution is -2.36. The van der Waals surface area contributed by atoms with Gasteiger partial charge in [0.25, 0.3) is 5.91 Å². The molecule has 3 unspecified atom stereocenters. The summed E-state index contributed by atoms with van der Waals surface area (Å²) in [5, 5.41) is 24.5. The van der Waals surface area contributed by atoms with Crippen LogP contribution in [0, 0.1) is 0 Å². The largest absolute Gasteiger partial charge is 0.505 e. The highest BCUT2D eigenvalue weighted by Gasteiger charge is 2.42. The predicted molar refractivity (Wildman–Crippen MR) is 294 cm³/mol. The second-order valence-electron chi connectivity index (χ2n) is 17.8. The van der Waals surface area contributed by atoms with Gasteiger partial charge in [-0.3, -0.25) is 14.4 Å². The van der Waals surface area contributed by atoms with Crippen LogP contribution in [0.1, 0.15) is 55.4 Å². The van der Waals surface area contributed by atoms with Gasteiger partial charge >= 0.3 is 6.03 Å². The third-order valence-corrected chi connectivity index (χ3v) is 13.0. The summed E-state index contributed by atoms with van der Waals surface area (Å²) in [6.07, 6.45) is 6.33. The van der Waals surface area contributed by atoms with E-state index >= 15 is 0 Å². The topological polar surface area (TPSA) is 300 Å². The quantitative estimate of drug-likeness (QED) is 0.0390. The summed E-state index contributed by atoms with van der Waals surface area (Å²) < 4.78 is 82.6. The van der Waals surface area contributed by atoms with Crippen LogP contribution in [-0.2, 0) is 80.6 Å². The van der Waals surface area contributed by atoms with Crippen LogP contribution >= 0.6 is 11.8 Å². The van der Waals surface area contributed by atoms with Gasteiger partial charge in [0.05, 0.1) is 197 Å². The monoisotopic (exact) mass is 1170 g/mol. The molecule has 0 aromatic carbocycles. The first-order valence-corrected chi connectivity index (χ1v) is 29.3. The standard InChI is InChI=1S/C53H94N6O20S/c60-46-6-3-10-56-51(46)52(63)57-12-5-15-66-19-23-69-22-18-65-14-4-11-54-49(62)9-16-67-20-24-70-26-28-72-30-32-74-34-36-76-38-40-78-42-43-79-41-39-77-37-35-75-33-31-73-29-27-71-25-21-68-17-13-55-48(61)8-2-1-7-47-50-45(44-80-47)58-53(64)59-50/h3,6,10,45,47,50,60H,1-2,4-5,7-9,11-44H2,(H,54,62)(H,55,61)(H,57,63)(H2,58,59,64). The predicted octanol–water partition coefficient (Wildman–Crippen LogP) is 0.894. The molecule has 6 N–H and O–H groups in total. The average molecular weight is 1170 g/mol. The number of rotatable bonds is 59. The Morgan fingerprint density at radius 1 is 0.475 bits per heavy atom. The molecular formula is C53H94N6O20S. The van der Waals surface area contributed by atoms with Crippen molar-refractivity contribution in [2.45, 2.75) is 62.3 Å². The average Bonchev–Trinajstić information content (AvgIpc) is 4.02. The van der Waals surface area contributed by atoms with Crippen molar-refractivity contribution in [3.8, 4) is 5.75 Å². The molecular weight excluding hydrogens is 1070 g/mol. The van der Waals surface area contributed by atoms with E-state index in [0.717, 1.165) is 25.0 Å². The Kier molecular flexibility index (Phi) is 46.1. The molecule has 2 saturated heterocycles. The number of carbonyl (C=O) groups excluding carboxylic acids is 4. The first-order valence-electron chi connectivity index (χ1n) is 28.2. The number of hydrogen-bond acceptors (Lipinski definition) is 22. The maximum Gasteiger partial charge on any atom is 0.315 e. The van der Waals surface area contributed by atoms with E-state index in [1.165, 1.54) is 12.3 Å². The van der Waals surface area contributed by atoms with Gasteiger partial charge in [-0.2, -0.15) is 11.8 Å². The molecule has 1 aromatic heterocycles. The first-order chi connectivity index (χ1) is 39.4. The molecule has 462 valence electrons. The normalized spacial score (nSPS) is 15.7. The zero-order valence-electron chi connectivity index (χ0n) is 47.0. The Morgan fingerprint density at radius 3 is 1.31 bits per heavy atom. The summed E-state index contributed by atoms with van der Waals surface area (Å²) in [5.41, 5.74) is -0.000338. The van der Waals surface area contributed by atoms with Gasteiger partial charge in [-0.15, -0.1) is 0 Å². The van der Waals surface area contributed by atoms with Crippen molar-refractivity contribution >= 4 is 35.5 Å². The molecule has 0 saturated carbocycles. The number of aromatic nitrogens is 1. The summed E-state index contributed by atoms with van der Waals surface area (Å²) in [5.74, 6) is 0.324. The van der Waals surface area contributed by atoms with Gasteiger partial charge in [-0.25, -0.2) is 9.78 Å². The van der Waals surface area contributed by atoms with Crippen molar-refractivity contribution in [1.82, 2.24) is 31.6 Å². The van der Waals surface area contributed by atoms with Gasteiger partial charge in [-0.1, -0.05) is 6.42 Å². The molecule has 0 aliphatic carbocycles. The fourth-order valence-electron chi connectivity index (χ4n) is 7.38.